The Morgan fingerprint density at radius 1 is 0.778 bits per heavy atom. The standard InChI is InChI=1S/C22H15F5/c1-2-12-3-5-16-14(7-12)8-15-9-18(20(23)11-17(15)16)13-4-6-19(21(24)10-13)22(25,26)27/h3-7,9-11H,2,8H2,1H3. The Bertz CT molecular complexity index is 1050. The van der Waals surface area contributed by atoms with E-state index in [4.69, 9.17) is 0 Å². The molecule has 0 aromatic heterocycles. The SMILES string of the molecule is CCc1ccc2c(c1)Cc1cc(-c3ccc(C(F)(F)F)c(F)c3)c(F)cc1-2. The molecule has 0 N–H and O–H groups in total. The molecule has 0 saturated heterocycles. The van der Waals surface area contributed by atoms with E-state index in [0.29, 0.717) is 12.5 Å². The molecule has 1 aliphatic carbocycles. The van der Waals surface area contributed by atoms with E-state index in [0.717, 1.165) is 40.8 Å². The minimum absolute atomic E-state index is 0.0889. The van der Waals surface area contributed by atoms with Gasteiger partial charge in [-0.3, -0.25) is 0 Å². The second kappa shape index (κ2) is 6.19. The highest BCUT2D eigenvalue weighted by molar-refractivity contribution is 5.81. The molecule has 27 heavy (non-hydrogen) atoms. The summed E-state index contributed by atoms with van der Waals surface area (Å²) < 4.78 is 66.8. The first-order valence-corrected chi connectivity index (χ1v) is 8.59. The molecule has 0 aliphatic heterocycles. The maximum Gasteiger partial charge on any atom is 0.419 e. The molecule has 5 heteroatoms. The first-order chi connectivity index (χ1) is 12.8. The molecule has 3 aromatic rings. The zero-order valence-corrected chi connectivity index (χ0v) is 14.4. The molecule has 0 radical (unpaired) electrons. The van der Waals surface area contributed by atoms with Crippen LogP contribution in [0.25, 0.3) is 22.3 Å². The molecule has 0 saturated carbocycles. The smallest absolute Gasteiger partial charge is 0.206 e. The molecule has 1 aliphatic rings. The fourth-order valence-corrected chi connectivity index (χ4v) is 3.63. The second-order valence-corrected chi connectivity index (χ2v) is 6.70. The van der Waals surface area contributed by atoms with Crippen molar-refractivity contribution in [3.63, 3.8) is 0 Å². The highest BCUT2D eigenvalue weighted by Gasteiger charge is 2.34. The Kier molecular flexibility index (Phi) is 4.06. The van der Waals surface area contributed by atoms with Crippen molar-refractivity contribution in [1.82, 2.24) is 0 Å². The van der Waals surface area contributed by atoms with Gasteiger partial charge >= 0.3 is 6.18 Å². The minimum Gasteiger partial charge on any atom is -0.206 e. The fraction of sp³-hybridized carbons (Fsp3) is 0.182. The minimum atomic E-state index is -4.78. The van der Waals surface area contributed by atoms with E-state index in [1.807, 2.05) is 12.1 Å². The topological polar surface area (TPSA) is 0 Å². The first kappa shape index (κ1) is 17.7. The Balaban J connectivity index is 1.78. The summed E-state index contributed by atoms with van der Waals surface area (Å²) in [7, 11) is 0. The van der Waals surface area contributed by atoms with E-state index in [2.05, 4.69) is 13.0 Å². The highest BCUT2D eigenvalue weighted by atomic mass is 19.4. The van der Waals surface area contributed by atoms with E-state index in [9.17, 15) is 22.0 Å². The Morgan fingerprint density at radius 3 is 2.19 bits per heavy atom. The Labute approximate surface area is 153 Å². The van der Waals surface area contributed by atoms with Crippen molar-refractivity contribution in [3.05, 3.63) is 82.4 Å². The van der Waals surface area contributed by atoms with Gasteiger partial charge in [0.1, 0.15) is 11.6 Å². The van der Waals surface area contributed by atoms with Gasteiger partial charge in [-0.15, -0.1) is 0 Å². The zero-order chi connectivity index (χ0) is 19.3. The van der Waals surface area contributed by atoms with Gasteiger partial charge in [0.15, 0.2) is 0 Å². The van der Waals surface area contributed by atoms with Crippen LogP contribution in [0.4, 0.5) is 22.0 Å². The van der Waals surface area contributed by atoms with Crippen molar-refractivity contribution in [2.75, 3.05) is 0 Å². The van der Waals surface area contributed by atoms with Crippen LogP contribution in [0.2, 0.25) is 0 Å². The van der Waals surface area contributed by atoms with Crippen LogP contribution in [-0.4, -0.2) is 0 Å². The molecule has 0 atom stereocenters. The van der Waals surface area contributed by atoms with E-state index >= 15 is 0 Å². The number of fused-ring (bicyclic) bond motifs is 3. The zero-order valence-electron chi connectivity index (χ0n) is 14.4. The summed E-state index contributed by atoms with van der Waals surface area (Å²) in [6.07, 6.45) is -3.26. The van der Waals surface area contributed by atoms with Crippen molar-refractivity contribution < 1.29 is 22.0 Å². The fourth-order valence-electron chi connectivity index (χ4n) is 3.63. The predicted molar refractivity (Wildman–Crippen MR) is 94.4 cm³/mol. The third kappa shape index (κ3) is 3.01. The maximum absolute atomic E-state index is 14.7. The Hall–Kier alpha value is -2.69. The highest BCUT2D eigenvalue weighted by Crippen LogP contribution is 2.41. The van der Waals surface area contributed by atoms with Gasteiger partial charge in [-0.05, 0) is 70.5 Å². The normalized spacial score (nSPS) is 12.8. The quantitative estimate of drug-likeness (QED) is 0.339. The van der Waals surface area contributed by atoms with E-state index in [1.165, 1.54) is 11.6 Å². The van der Waals surface area contributed by atoms with Gasteiger partial charge in [0.25, 0.3) is 0 Å². The van der Waals surface area contributed by atoms with E-state index in [-0.39, 0.29) is 11.1 Å². The number of aryl methyl sites for hydroxylation is 1. The number of rotatable bonds is 2. The average molecular weight is 374 g/mol. The Morgan fingerprint density at radius 2 is 1.52 bits per heavy atom. The average Bonchev–Trinajstić information content (AvgIpc) is 2.96. The second-order valence-electron chi connectivity index (χ2n) is 6.70. The van der Waals surface area contributed by atoms with Gasteiger partial charge in [0, 0.05) is 5.56 Å². The molecular weight excluding hydrogens is 359 g/mol. The molecule has 0 nitrogen and oxygen atoms in total. The monoisotopic (exact) mass is 374 g/mol. The van der Waals surface area contributed by atoms with E-state index in [1.54, 1.807) is 6.07 Å². The van der Waals surface area contributed by atoms with Crippen LogP contribution in [0.3, 0.4) is 0 Å². The lowest BCUT2D eigenvalue weighted by Gasteiger charge is -2.11. The van der Waals surface area contributed by atoms with Gasteiger partial charge in [0.05, 0.1) is 5.56 Å². The lowest BCUT2D eigenvalue weighted by molar-refractivity contribution is -0.139. The molecule has 4 rings (SSSR count). The van der Waals surface area contributed by atoms with Gasteiger partial charge in [0.2, 0.25) is 0 Å². The molecule has 0 unspecified atom stereocenters. The van der Waals surface area contributed by atoms with E-state index < -0.39 is 23.4 Å². The third-order valence-corrected chi connectivity index (χ3v) is 5.03. The molecule has 0 heterocycles. The number of benzene rings is 3. The van der Waals surface area contributed by atoms with Gasteiger partial charge in [-0.1, -0.05) is 31.2 Å². The van der Waals surface area contributed by atoms with Crippen molar-refractivity contribution in [1.29, 1.82) is 0 Å². The summed E-state index contributed by atoms with van der Waals surface area (Å²) in [6, 6.07) is 11.6. The number of alkyl halides is 3. The molecule has 0 fully saturated rings. The van der Waals surface area contributed by atoms with Gasteiger partial charge < -0.3 is 0 Å². The molecular formula is C22H15F5. The molecule has 138 valence electrons. The summed E-state index contributed by atoms with van der Waals surface area (Å²) >= 11 is 0. The van der Waals surface area contributed by atoms with Crippen LogP contribution in [0.15, 0.2) is 48.5 Å². The number of hydrogen-bond acceptors (Lipinski definition) is 0. The maximum atomic E-state index is 14.7. The van der Waals surface area contributed by atoms with Crippen LogP contribution >= 0.6 is 0 Å². The lowest BCUT2D eigenvalue weighted by Crippen LogP contribution is -2.08. The first-order valence-electron chi connectivity index (χ1n) is 8.59. The van der Waals surface area contributed by atoms with Crippen molar-refractivity contribution >= 4 is 0 Å². The predicted octanol–water partition coefficient (Wildman–Crippen LogP) is 6.78. The summed E-state index contributed by atoms with van der Waals surface area (Å²) in [6.45, 7) is 2.06. The summed E-state index contributed by atoms with van der Waals surface area (Å²) in [5, 5.41) is 0. The molecule has 0 amide bonds. The summed E-state index contributed by atoms with van der Waals surface area (Å²) in [5.74, 6) is -1.99. The van der Waals surface area contributed by atoms with Crippen LogP contribution in [0.1, 0.15) is 29.2 Å². The third-order valence-electron chi connectivity index (χ3n) is 5.03. The number of halogens is 5. The van der Waals surface area contributed by atoms with Crippen LogP contribution in [0, 0.1) is 11.6 Å². The molecule has 0 spiro atoms. The van der Waals surface area contributed by atoms with Crippen molar-refractivity contribution in [2.45, 2.75) is 25.9 Å². The summed E-state index contributed by atoms with van der Waals surface area (Å²) in [5.41, 5.74) is 3.75. The van der Waals surface area contributed by atoms with Crippen molar-refractivity contribution in [2.24, 2.45) is 0 Å². The largest absolute Gasteiger partial charge is 0.419 e. The molecule has 0 bridgehead atoms. The van der Waals surface area contributed by atoms with Gasteiger partial charge in [-0.2, -0.15) is 13.2 Å². The van der Waals surface area contributed by atoms with Gasteiger partial charge in [-0.25, -0.2) is 8.78 Å². The van der Waals surface area contributed by atoms with Crippen LogP contribution < -0.4 is 0 Å². The summed E-state index contributed by atoms with van der Waals surface area (Å²) in [4.78, 5) is 0. The van der Waals surface area contributed by atoms with Crippen LogP contribution in [0.5, 0.6) is 0 Å². The van der Waals surface area contributed by atoms with Crippen LogP contribution in [-0.2, 0) is 19.0 Å². The lowest BCUT2D eigenvalue weighted by atomic mass is 9.97. The van der Waals surface area contributed by atoms with Crippen molar-refractivity contribution in [3.8, 4) is 22.3 Å². The number of hydrogen-bond donors (Lipinski definition) is 0. The molecule has 3 aromatic carbocycles.